The number of nitrogens with zero attached hydrogens (tertiary/aromatic N) is 1. The van der Waals surface area contributed by atoms with Gasteiger partial charge < -0.3 is 25.4 Å². The Morgan fingerprint density at radius 3 is 2.71 bits per heavy atom. The van der Waals surface area contributed by atoms with Crippen LogP contribution in [0.5, 0.6) is 0 Å². The molecule has 1 unspecified atom stereocenters. The van der Waals surface area contributed by atoms with Gasteiger partial charge in [-0.25, -0.2) is 4.79 Å². The first-order chi connectivity index (χ1) is 10.0. The monoisotopic (exact) mass is 301 g/mol. The van der Waals surface area contributed by atoms with Crippen molar-refractivity contribution in [3.8, 4) is 0 Å². The molecule has 3 amide bonds. The van der Waals surface area contributed by atoms with Gasteiger partial charge in [0.1, 0.15) is 0 Å². The van der Waals surface area contributed by atoms with Gasteiger partial charge in [0.05, 0.1) is 19.1 Å². The number of aliphatic carboxylic acids is 1. The molecule has 0 aromatic carbocycles. The van der Waals surface area contributed by atoms with Crippen LogP contribution in [-0.4, -0.2) is 66.8 Å². The number of nitrogens with one attached hydrogen (secondary N) is 2. The van der Waals surface area contributed by atoms with E-state index >= 15 is 0 Å². The minimum Gasteiger partial charge on any atom is -0.481 e. The third-order valence-corrected chi connectivity index (χ3v) is 3.03. The molecule has 120 valence electrons. The lowest BCUT2D eigenvalue weighted by atomic mass is 10.2. The Kier molecular flexibility index (Phi) is 7.52. The molecule has 1 fully saturated rings. The van der Waals surface area contributed by atoms with E-state index < -0.39 is 12.1 Å². The van der Waals surface area contributed by atoms with Crippen molar-refractivity contribution in [1.82, 2.24) is 15.5 Å². The zero-order valence-electron chi connectivity index (χ0n) is 12.3. The quantitative estimate of drug-likeness (QED) is 0.603. The molecule has 1 saturated heterocycles. The Morgan fingerprint density at radius 2 is 2.05 bits per heavy atom. The van der Waals surface area contributed by atoms with E-state index in [1.807, 2.05) is 6.92 Å². The third kappa shape index (κ3) is 6.94. The van der Waals surface area contributed by atoms with Crippen LogP contribution in [0.3, 0.4) is 0 Å². The van der Waals surface area contributed by atoms with Crippen molar-refractivity contribution in [3.63, 3.8) is 0 Å². The molecular formula is C13H23N3O5. The fourth-order valence-electron chi connectivity index (χ4n) is 1.97. The fourth-order valence-corrected chi connectivity index (χ4v) is 1.97. The number of carboxylic acids is 1. The number of carboxylic acid groups (broad SMARTS) is 1. The molecule has 0 aromatic heterocycles. The summed E-state index contributed by atoms with van der Waals surface area (Å²) in [5, 5.41) is 14.1. The smallest absolute Gasteiger partial charge is 0.317 e. The number of ether oxygens (including phenoxy) is 1. The summed E-state index contributed by atoms with van der Waals surface area (Å²) in [4.78, 5) is 35.4. The van der Waals surface area contributed by atoms with E-state index in [1.165, 1.54) is 4.90 Å². The predicted octanol–water partition coefficient (Wildman–Crippen LogP) is -0.212. The Hall–Kier alpha value is -1.83. The molecular weight excluding hydrogens is 278 g/mol. The molecule has 1 heterocycles. The lowest BCUT2D eigenvalue weighted by Gasteiger charge is -2.32. The van der Waals surface area contributed by atoms with Crippen LogP contribution in [0.1, 0.15) is 26.2 Å². The highest BCUT2D eigenvalue weighted by Gasteiger charge is 2.25. The van der Waals surface area contributed by atoms with Crippen LogP contribution in [0.4, 0.5) is 4.79 Å². The molecule has 1 rings (SSSR count). The van der Waals surface area contributed by atoms with Crippen molar-refractivity contribution in [3.05, 3.63) is 0 Å². The Labute approximate surface area is 123 Å². The van der Waals surface area contributed by atoms with Gasteiger partial charge in [-0.15, -0.1) is 0 Å². The molecule has 0 radical (unpaired) electrons. The van der Waals surface area contributed by atoms with E-state index in [-0.39, 0.29) is 37.9 Å². The van der Waals surface area contributed by atoms with E-state index in [0.29, 0.717) is 19.7 Å². The largest absolute Gasteiger partial charge is 0.481 e. The molecule has 1 aliphatic rings. The average Bonchev–Trinajstić information content (AvgIpc) is 2.44. The molecule has 0 aliphatic carbocycles. The van der Waals surface area contributed by atoms with Gasteiger partial charge in [-0.1, -0.05) is 6.92 Å². The van der Waals surface area contributed by atoms with Crippen LogP contribution in [0.25, 0.3) is 0 Å². The lowest BCUT2D eigenvalue weighted by molar-refractivity contribution is -0.141. The Balaban J connectivity index is 2.25. The molecule has 0 spiro atoms. The average molecular weight is 301 g/mol. The van der Waals surface area contributed by atoms with Gasteiger partial charge in [-0.05, 0) is 6.42 Å². The lowest BCUT2D eigenvalue weighted by Crippen LogP contribution is -2.50. The second kappa shape index (κ2) is 9.17. The molecule has 0 saturated carbocycles. The van der Waals surface area contributed by atoms with E-state index in [2.05, 4.69) is 10.6 Å². The summed E-state index contributed by atoms with van der Waals surface area (Å²) < 4.78 is 5.29. The van der Waals surface area contributed by atoms with Gasteiger partial charge in [-0.2, -0.15) is 0 Å². The second-order valence-electron chi connectivity index (χ2n) is 4.87. The van der Waals surface area contributed by atoms with Gasteiger partial charge in [0.2, 0.25) is 5.91 Å². The van der Waals surface area contributed by atoms with Crippen LogP contribution < -0.4 is 10.6 Å². The zero-order valence-corrected chi connectivity index (χ0v) is 12.3. The second-order valence-corrected chi connectivity index (χ2v) is 4.87. The van der Waals surface area contributed by atoms with E-state index in [9.17, 15) is 14.4 Å². The van der Waals surface area contributed by atoms with Crippen molar-refractivity contribution in [1.29, 1.82) is 0 Å². The number of urea groups is 1. The highest BCUT2D eigenvalue weighted by Crippen LogP contribution is 2.08. The maximum atomic E-state index is 11.9. The number of amides is 3. The maximum Gasteiger partial charge on any atom is 0.317 e. The molecule has 3 N–H and O–H groups in total. The Morgan fingerprint density at radius 1 is 1.29 bits per heavy atom. The molecule has 8 heteroatoms. The number of morpholine rings is 1. The maximum absolute atomic E-state index is 11.9. The van der Waals surface area contributed by atoms with Crippen LogP contribution in [0.2, 0.25) is 0 Å². The fraction of sp³-hybridized carbons (Fsp3) is 0.769. The summed E-state index contributed by atoms with van der Waals surface area (Å²) in [6.45, 7) is 3.85. The predicted molar refractivity (Wildman–Crippen MR) is 74.9 cm³/mol. The van der Waals surface area contributed by atoms with Crippen LogP contribution in [0.15, 0.2) is 0 Å². The number of hydrogen-bond acceptors (Lipinski definition) is 4. The summed E-state index contributed by atoms with van der Waals surface area (Å²) in [7, 11) is 0. The summed E-state index contributed by atoms with van der Waals surface area (Å²) in [5.41, 5.74) is 0. The molecule has 0 aromatic rings. The van der Waals surface area contributed by atoms with Crippen molar-refractivity contribution < 1.29 is 24.2 Å². The van der Waals surface area contributed by atoms with Gasteiger partial charge in [0.25, 0.3) is 0 Å². The van der Waals surface area contributed by atoms with E-state index in [0.717, 1.165) is 6.42 Å². The Bertz CT molecular complexity index is 375. The first-order valence-corrected chi connectivity index (χ1v) is 7.15. The molecule has 1 atom stereocenters. The third-order valence-electron chi connectivity index (χ3n) is 3.03. The first-order valence-electron chi connectivity index (χ1n) is 7.15. The van der Waals surface area contributed by atoms with Gasteiger partial charge in [-0.3, -0.25) is 9.59 Å². The minimum atomic E-state index is -0.949. The van der Waals surface area contributed by atoms with Gasteiger partial charge in [0.15, 0.2) is 0 Å². The van der Waals surface area contributed by atoms with E-state index in [1.54, 1.807) is 0 Å². The molecule has 0 bridgehead atoms. The van der Waals surface area contributed by atoms with Crippen LogP contribution in [0, 0.1) is 0 Å². The number of hydrogen-bond donors (Lipinski definition) is 3. The van der Waals surface area contributed by atoms with Crippen molar-refractivity contribution in [2.45, 2.75) is 32.3 Å². The normalized spacial score (nSPS) is 18.1. The summed E-state index contributed by atoms with van der Waals surface area (Å²) >= 11 is 0. The zero-order chi connectivity index (χ0) is 15.7. The molecule has 8 nitrogen and oxygen atoms in total. The molecule has 1 aliphatic heterocycles. The van der Waals surface area contributed by atoms with Gasteiger partial charge in [0, 0.05) is 32.6 Å². The van der Waals surface area contributed by atoms with Crippen molar-refractivity contribution in [2.75, 3.05) is 32.8 Å². The summed E-state index contributed by atoms with van der Waals surface area (Å²) in [5.74, 6) is -1.04. The standard InChI is InChI=1S/C13H23N3O5/c1-2-4-14-11(17)3-5-15-13(20)16-6-7-21-10(9-16)8-12(18)19/h10H,2-9H2,1H3,(H,14,17)(H,15,20)(H,18,19). The van der Waals surface area contributed by atoms with Gasteiger partial charge >= 0.3 is 12.0 Å². The molecule has 21 heavy (non-hydrogen) atoms. The number of carbonyl (C=O) groups is 3. The highest BCUT2D eigenvalue weighted by molar-refractivity contribution is 5.78. The summed E-state index contributed by atoms with van der Waals surface area (Å²) in [6, 6.07) is -0.294. The van der Waals surface area contributed by atoms with Crippen molar-refractivity contribution in [2.24, 2.45) is 0 Å². The van der Waals surface area contributed by atoms with Crippen LogP contribution in [-0.2, 0) is 14.3 Å². The first kappa shape index (κ1) is 17.2. The van der Waals surface area contributed by atoms with Crippen molar-refractivity contribution >= 4 is 17.9 Å². The van der Waals surface area contributed by atoms with Crippen LogP contribution >= 0.6 is 0 Å². The number of rotatable bonds is 7. The SMILES string of the molecule is CCCNC(=O)CCNC(=O)N1CCOC(CC(=O)O)C1. The van der Waals surface area contributed by atoms with E-state index in [4.69, 9.17) is 9.84 Å². The highest BCUT2D eigenvalue weighted by atomic mass is 16.5. The topological polar surface area (TPSA) is 108 Å². The summed E-state index contributed by atoms with van der Waals surface area (Å²) in [6.07, 6.45) is 0.504. The number of carbonyl (C=O) groups excluding carboxylic acids is 2. The minimum absolute atomic E-state index is 0.0946.